The summed E-state index contributed by atoms with van der Waals surface area (Å²) in [6, 6.07) is 0.627. The minimum Gasteiger partial charge on any atom is -0.375 e. The van der Waals surface area contributed by atoms with Crippen LogP contribution in [-0.4, -0.2) is 48.3 Å². The molecule has 1 heterocycles. The maximum atomic E-state index is 5.88. The molecule has 0 bridgehead atoms. The summed E-state index contributed by atoms with van der Waals surface area (Å²) in [5.41, 5.74) is 0.199. The molecule has 3 heteroatoms. The van der Waals surface area contributed by atoms with Crippen molar-refractivity contribution in [2.75, 3.05) is 26.2 Å². The highest BCUT2D eigenvalue weighted by Crippen LogP contribution is 2.21. The van der Waals surface area contributed by atoms with E-state index in [4.69, 9.17) is 4.74 Å². The summed E-state index contributed by atoms with van der Waals surface area (Å²) < 4.78 is 5.88. The van der Waals surface area contributed by atoms with Crippen molar-refractivity contribution in [3.63, 3.8) is 0 Å². The molecule has 1 aliphatic heterocycles. The maximum absolute atomic E-state index is 5.88. The summed E-state index contributed by atoms with van der Waals surface area (Å²) in [6.07, 6.45) is 1.26. The lowest BCUT2D eigenvalue weighted by atomic mass is 9.94. The van der Waals surface area contributed by atoms with Gasteiger partial charge in [0, 0.05) is 31.2 Å². The van der Waals surface area contributed by atoms with Gasteiger partial charge in [-0.25, -0.2) is 0 Å². The molecule has 0 aromatic heterocycles. The summed E-state index contributed by atoms with van der Waals surface area (Å²) in [4.78, 5) is 2.59. The number of hydrogen-bond acceptors (Lipinski definition) is 3. The standard InChI is InChI=1S/C16H34N2O/c1-13(2)10-14-11-18(16(6,7)12-17-14)8-9-19-15(3,4)5/h13-14,17H,8-12H2,1-7H3. The minimum atomic E-state index is -0.0322. The monoisotopic (exact) mass is 270 g/mol. The molecule has 1 aliphatic rings. The van der Waals surface area contributed by atoms with E-state index in [9.17, 15) is 0 Å². The second-order valence-corrected chi connectivity index (χ2v) is 7.93. The van der Waals surface area contributed by atoms with Crippen LogP contribution in [0.15, 0.2) is 0 Å². The normalized spacial score (nSPS) is 24.9. The van der Waals surface area contributed by atoms with Gasteiger partial charge >= 0.3 is 0 Å². The summed E-state index contributed by atoms with van der Waals surface area (Å²) in [5, 5.41) is 3.69. The average molecular weight is 270 g/mol. The molecule has 1 saturated heterocycles. The van der Waals surface area contributed by atoms with Crippen molar-refractivity contribution in [3.05, 3.63) is 0 Å². The van der Waals surface area contributed by atoms with Crippen molar-refractivity contribution in [2.45, 2.75) is 72.1 Å². The molecule has 1 atom stereocenters. The molecular weight excluding hydrogens is 236 g/mol. The first-order valence-corrected chi connectivity index (χ1v) is 7.72. The molecule has 0 aromatic rings. The minimum absolute atomic E-state index is 0.0322. The summed E-state index contributed by atoms with van der Waals surface area (Å²) in [6.45, 7) is 19.7. The lowest BCUT2D eigenvalue weighted by Gasteiger charge is -2.46. The molecule has 19 heavy (non-hydrogen) atoms. The zero-order valence-electron chi connectivity index (χ0n) is 14.0. The van der Waals surface area contributed by atoms with Crippen molar-refractivity contribution in [2.24, 2.45) is 5.92 Å². The summed E-state index contributed by atoms with van der Waals surface area (Å²) in [7, 11) is 0. The molecule has 1 N–H and O–H groups in total. The van der Waals surface area contributed by atoms with Gasteiger partial charge in [-0.1, -0.05) is 13.8 Å². The Hall–Kier alpha value is -0.120. The molecular formula is C16H34N2O. The first-order valence-electron chi connectivity index (χ1n) is 7.72. The highest BCUT2D eigenvalue weighted by molar-refractivity contribution is 4.93. The van der Waals surface area contributed by atoms with Crippen LogP contribution in [0.1, 0.15) is 54.9 Å². The van der Waals surface area contributed by atoms with Crippen LogP contribution in [0.3, 0.4) is 0 Å². The Morgan fingerprint density at radius 3 is 2.47 bits per heavy atom. The number of rotatable bonds is 5. The van der Waals surface area contributed by atoms with E-state index in [0.717, 1.165) is 32.2 Å². The molecule has 0 aromatic carbocycles. The third-order valence-electron chi connectivity index (χ3n) is 3.77. The summed E-state index contributed by atoms with van der Waals surface area (Å²) in [5.74, 6) is 0.756. The van der Waals surface area contributed by atoms with Crippen LogP contribution in [0.25, 0.3) is 0 Å². The van der Waals surface area contributed by atoms with E-state index in [0.29, 0.717) is 6.04 Å². The molecule has 114 valence electrons. The van der Waals surface area contributed by atoms with Gasteiger partial charge < -0.3 is 10.1 Å². The fourth-order valence-corrected chi connectivity index (χ4v) is 2.67. The van der Waals surface area contributed by atoms with Crippen LogP contribution in [-0.2, 0) is 4.74 Å². The van der Waals surface area contributed by atoms with E-state index in [1.807, 2.05) is 0 Å². The molecule has 1 rings (SSSR count). The van der Waals surface area contributed by atoms with Gasteiger partial charge in [0.2, 0.25) is 0 Å². The van der Waals surface area contributed by atoms with E-state index < -0.39 is 0 Å². The zero-order valence-corrected chi connectivity index (χ0v) is 14.0. The molecule has 3 nitrogen and oxygen atoms in total. The van der Waals surface area contributed by atoms with E-state index in [1.165, 1.54) is 6.42 Å². The number of nitrogens with zero attached hydrogens (tertiary/aromatic N) is 1. The Kier molecular flexibility index (Phi) is 5.84. The van der Waals surface area contributed by atoms with Crippen LogP contribution in [0.4, 0.5) is 0 Å². The maximum Gasteiger partial charge on any atom is 0.0600 e. The van der Waals surface area contributed by atoms with Crippen LogP contribution < -0.4 is 5.32 Å². The van der Waals surface area contributed by atoms with Gasteiger partial charge in [0.25, 0.3) is 0 Å². The van der Waals surface area contributed by atoms with E-state index in [-0.39, 0.29) is 11.1 Å². The highest BCUT2D eigenvalue weighted by atomic mass is 16.5. The van der Waals surface area contributed by atoms with Crippen LogP contribution in [0.5, 0.6) is 0 Å². The second-order valence-electron chi connectivity index (χ2n) is 7.93. The molecule has 0 radical (unpaired) electrons. The Bertz CT molecular complexity index is 268. The Morgan fingerprint density at radius 1 is 1.32 bits per heavy atom. The van der Waals surface area contributed by atoms with Crippen molar-refractivity contribution in [1.82, 2.24) is 10.2 Å². The van der Waals surface area contributed by atoms with Gasteiger partial charge in [0.1, 0.15) is 0 Å². The smallest absolute Gasteiger partial charge is 0.0600 e. The van der Waals surface area contributed by atoms with Gasteiger partial charge in [-0.05, 0) is 47.0 Å². The number of nitrogens with one attached hydrogen (secondary N) is 1. The third kappa shape index (κ3) is 6.24. The topological polar surface area (TPSA) is 24.5 Å². The molecule has 0 amide bonds. The first kappa shape index (κ1) is 16.9. The quantitative estimate of drug-likeness (QED) is 0.831. The van der Waals surface area contributed by atoms with Crippen molar-refractivity contribution >= 4 is 0 Å². The Balaban J connectivity index is 2.47. The number of ether oxygens (including phenoxy) is 1. The van der Waals surface area contributed by atoms with E-state index in [1.54, 1.807) is 0 Å². The molecule has 0 aliphatic carbocycles. The number of piperazine rings is 1. The van der Waals surface area contributed by atoms with Gasteiger partial charge in [0.15, 0.2) is 0 Å². The number of hydrogen-bond donors (Lipinski definition) is 1. The Labute approximate surface area is 120 Å². The van der Waals surface area contributed by atoms with Crippen molar-refractivity contribution in [1.29, 1.82) is 0 Å². The van der Waals surface area contributed by atoms with Crippen molar-refractivity contribution in [3.8, 4) is 0 Å². The van der Waals surface area contributed by atoms with E-state index in [2.05, 4.69) is 58.7 Å². The zero-order chi connectivity index (χ0) is 14.7. The SMILES string of the molecule is CC(C)CC1CN(CCOC(C)(C)C)C(C)(C)CN1. The fourth-order valence-electron chi connectivity index (χ4n) is 2.67. The molecule has 1 unspecified atom stereocenters. The largest absolute Gasteiger partial charge is 0.375 e. The van der Waals surface area contributed by atoms with E-state index >= 15 is 0 Å². The van der Waals surface area contributed by atoms with Gasteiger partial charge in [-0.15, -0.1) is 0 Å². The summed E-state index contributed by atoms with van der Waals surface area (Å²) >= 11 is 0. The van der Waals surface area contributed by atoms with Crippen LogP contribution in [0, 0.1) is 5.92 Å². The van der Waals surface area contributed by atoms with Crippen LogP contribution >= 0.6 is 0 Å². The average Bonchev–Trinajstić information content (AvgIpc) is 2.20. The predicted molar refractivity (Wildman–Crippen MR) is 82.6 cm³/mol. The predicted octanol–water partition coefficient (Wildman–Crippen LogP) is 2.90. The van der Waals surface area contributed by atoms with Gasteiger partial charge in [-0.2, -0.15) is 0 Å². The molecule has 0 spiro atoms. The van der Waals surface area contributed by atoms with Gasteiger partial charge in [-0.3, -0.25) is 4.90 Å². The lowest BCUT2D eigenvalue weighted by Crippen LogP contribution is -2.62. The second kappa shape index (κ2) is 6.55. The van der Waals surface area contributed by atoms with Gasteiger partial charge in [0.05, 0.1) is 12.2 Å². The Morgan fingerprint density at radius 2 is 1.95 bits per heavy atom. The van der Waals surface area contributed by atoms with Crippen molar-refractivity contribution < 1.29 is 4.74 Å². The first-order chi connectivity index (χ1) is 8.60. The molecule has 0 saturated carbocycles. The highest BCUT2D eigenvalue weighted by Gasteiger charge is 2.33. The third-order valence-corrected chi connectivity index (χ3v) is 3.77. The lowest BCUT2D eigenvalue weighted by molar-refractivity contribution is -0.0339. The molecule has 1 fully saturated rings. The fraction of sp³-hybridized carbons (Fsp3) is 1.00. The van der Waals surface area contributed by atoms with Crippen LogP contribution in [0.2, 0.25) is 0 Å².